The molecule has 0 N–H and O–H groups in total. The molecule has 14 nitrogen and oxygen atoms in total. The van der Waals surface area contributed by atoms with E-state index in [9.17, 15) is 28.8 Å². The van der Waals surface area contributed by atoms with Gasteiger partial charge in [-0.3, -0.25) is 38.6 Å². The zero-order valence-corrected chi connectivity index (χ0v) is 27.1. The summed E-state index contributed by atoms with van der Waals surface area (Å²) in [5.74, 6) is -2.82. The van der Waals surface area contributed by atoms with Gasteiger partial charge in [0.1, 0.15) is 12.1 Å². The Morgan fingerprint density at radius 2 is 0.729 bits per heavy atom. The molecule has 2 aromatic carbocycles. The zero-order chi connectivity index (χ0) is 34.2. The van der Waals surface area contributed by atoms with E-state index in [1.807, 2.05) is 0 Å². The summed E-state index contributed by atoms with van der Waals surface area (Å²) in [6.45, 7) is 5.44. The van der Waals surface area contributed by atoms with Crippen molar-refractivity contribution in [2.24, 2.45) is 0 Å². The molecule has 1 fully saturated rings. The van der Waals surface area contributed by atoms with Crippen LogP contribution in [0.2, 0.25) is 0 Å². The maximum atomic E-state index is 13.5. The lowest BCUT2D eigenvalue weighted by Crippen LogP contribution is -2.51. The molecule has 14 heteroatoms. The Labute approximate surface area is 278 Å². The lowest BCUT2D eigenvalue weighted by atomic mass is 10.1. The van der Waals surface area contributed by atoms with Crippen LogP contribution in [0.3, 0.4) is 0 Å². The van der Waals surface area contributed by atoms with Crippen molar-refractivity contribution >= 4 is 35.4 Å². The third-order valence-corrected chi connectivity index (χ3v) is 8.53. The minimum atomic E-state index is -1.02. The number of nitrogens with zero attached hydrogens (tertiary/aromatic N) is 4. The summed E-state index contributed by atoms with van der Waals surface area (Å²) in [6, 6.07) is 10.9. The minimum absolute atomic E-state index is 0.176. The SMILES string of the molecule is C[C@H](C(=O)N1CCOCCOCCN(C(=O)[C@@H](C)N2C(=O)c3ccccc3C2=O)CCOCCOCC1)N1C(=O)c2ccccc2C1=O. The smallest absolute Gasteiger partial charge is 0.262 e. The fraction of sp³-hybridized carbons (Fsp3) is 0.471. The molecule has 256 valence electrons. The van der Waals surface area contributed by atoms with Gasteiger partial charge in [-0.1, -0.05) is 24.3 Å². The number of hydrogen-bond acceptors (Lipinski definition) is 10. The first-order valence-corrected chi connectivity index (χ1v) is 16.0. The Morgan fingerprint density at radius 1 is 0.479 bits per heavy atom. The summed E-state index contributed by atoms with van der Waals surface area (Å²) in [7, 11) is 0. The van der Waals surface area contributed by atoms with E-state index in [0.29, 0.717) is 0 Å². The molecule has 0 aliphatic carbocycles. The largest absolute Gasteiger partial charge is 0.377 e. The van der Waals surface area contributed by atoms with Crippen LogP contribution >= 0.6 is 0 Å². The molecule has 5 rings (SSSR count). The Morgan fingerprint density at radius 3 is 0.979 bits per heavy atom. The normalized spacial score (nSPS) is 20.2. The number of imide groups is 2. The lowest BCUT2D eigenvalue weighted by molar-refractivity contribution is -0.138. The molecule has 0 saturated carbocycles. The quantitative estimate of drug-likeness (QED) is 0.435. The summed E-state index contributed by atoms with van der Waals surface area (Å²) < 4.78 is 22.8. The molecule has 3 aliphatic heterocycles. The third kappa shape index (κ3) is 7.46. The van der Waals surface area contributed by atoms with Crippen LogP contribution in [0.15, 0.2) is 48.5 Å². The van der Waals surface area contributed by atoms with Gasteiger partial charge in [-0.2, -0.15) is 0 Å². The van der Waals surface area contributed by atoms with Crippen LogP contribution < -0.4 is 0 Å². The number of ether oxygens (including phenoxy) is 4. The highest BCUT2D eigenvalue weighted by Gasteiger charge is 2.43. The van der Waals surface area contributed by atoms with Crippen LogP contribution in [0.4, 0.5) is 0 Å². The second kappa shape index (κ2) is 16.1. The number of rotatable bonds is 4. The van der Waals surface area contributed by atoms with Gasteiger partial charge in [-0.05, 0) is 38.1 Å². The summed E-state index contributed by atoms with van der Waals surface area (Å²) in [4.78, 5) is 83.8. The molecule has 2 aromatic rings. The van der Waals surface area contributed by atoms with Crippen molar-refractivity contribution in [1.29, 1.82) is 0 Å². The maximum Gasteiger partial charge on any atom is 0.262 e. The van der Waals surface area contributed by atoms with Crippen LogP contribution in [0.5, 0.6) is 0 Å². The molecule has 0 aromatic heterocycles. The van der Waals surface area contributed by atoms with Gasteiger partial charge in [-0.25, -0.2) is 0 Å². The standard InChI is InChI=1S/C34H40N4O10/c1-23(37-31(41)25-7-3-4-8-26(25)32(37)42)29(39)35-11-15-45-19-21-47-17-13-36(14-18-48-22-20-46-16-12-35)30(40)24(2)38-33(43)27-9-5-6-10-28(27)34(38)44/h3-10,23-24H,11-22H2,1-2H3/t23-,24-/m1/s1. The summed E-state index contributed by atoms with van der Waals surface area (Å²) in [5, 5.41) is 0. The summed E-state index contributed by atoms with van der Waals surface area (Å²) in [6.07, 6.45) is 0. The van der Waals surface area contributed by atoms with E-state index in [0.717, 1.165) is 9.80 Å². The van der Waals surface area contributed by atoms with E-state index < -0.39 is 47.5 Å². The van der Waals surface area contributed by atoms with Gasteiger partial charge in [0.2, 0.25) is 11.8 Å². The van der Waals surface area contributed by atoms with Gasteiger partial charge >= 0.3 is 0 Å². The average Bonchev–Trinajstić information content (AvgIpc) is 3.50. The van der Waals surface area contributed by atoms with E-state index in [1.54, 1.807) is 48.5 Å². The number of carbonyl (C=O) groups is 6. The average molecular weight is 665 g/mol. The lowest BCUT2D eigenvalue weighted by Gasteiger charge is -2.30. The van der Waals surface area contributed by atoms with Crippen LogP contribution in [-0.2, 0) is 28.5 Å². The number of hydrogen-bond donors (Lipinski definition) is 0. The first-order chi connectivity index (χ1) is 23.2. The minimum Gasteiger partial charge on any atom is -0.377 e. The van der Waals surface area contributed by atoms with Gasteiger partial charge in [0.25, 0.3) is 23.6 Å². The van der Waals surface area contributed by atoms with Gasteiger partial charge in [0, 0.05) is 26.2 Å². The molecule has 1 saturated heterocycles. The van der Waals surface area contributed by atoms with Crippen molar-refractivity contribution in [1.82, 2.24) is 19.6 Å². The molecule has 3 heterocycles. The molecule has 2 atom stereocenters. The first-order valence-electron chi connectivity index (χ1n) is 16.0. The molecule has 6 amide bonds. The highest BCUT2D eigenvalue weighted by Crippen LogP contribution is 2.26. The van der Waals surface area contributed by atoms with E-state index >= 15 is 0 Å². The Kier molecular flexibility index (Phi) is 11.7. The molecule has 0 spiro atoms. The van der Waals surface area contributed by atoms with Crippen molar-refractivity contribution in [2.45, 2.75) is 25.9 Å². The van der Waals surface area contributed by atoms with Gasteiger partial charge in [0.15, 0.2) is 0 Å². The summed E-state index contributed by atoms with van der Waals surface area (Å²) in [5.41, 5.74) is 1.10. The number of carbonyl (C=O) groups excluding carboxylic acids is 6. The van der Waals surface area contributed by atoms with Crippen LogP contribution in [-0.4, -0.2) is 146 Å². The van der Waals surface area contributed by atoms with E-state index in [1.165, 1.54) is 23.6 Å². The van der Waals surface area contributed by atoms with Gasteiger partial charge < -0.3 is 28.7 Å². The predicted molar refractivity (Wildman–Crippen MR) is 169 cm³/mol. The molecule has 48 heavy (non-hydrogen) atoms. The first kappa shape index (κ1) is 34.8. The molecular formula is C34H40N4O10. The molecule has 0 bridgehead atoms. The van der Waals surface area contributed by atoms with E-state index in [2.05, 4.69) is 0 Å². The fourth-order valence-electron chi connectivity index (χ4n) is 5.88. The topological polar surface area (TPSA) is 152 Å². The molecule has 0 unspecified atom stereocenters. The maximum absolute atomic E-state index is 13.5. The van der Waals surface area contributed by atoms with Crippen LogP contribution in [0.1, 0.15) is 55.3 Å². The highest BCUT2D eigenvalue weighted by atomic mass is 16.5. The van der Waals surface area contributed by atoms with Gasteiger partial charge in [0.05, 0.1) is 75.1 Å². The van der Waals surface area contributed by atoms with Crippen molar-refractivity contribution in [3.05, 3.63) is 70.8 Å². The molecule has 0 radical (unpaired) electrons. The third-order valence-electron chi connectivity index (χ3n) is 8.53. The fourth-order valence-corrected chi connectivity index (χ4v) is 5.88. The van der Waals surface area contributed by atoms with Crippen LogP contribution in [0.25, 0.3) is 0 Å². The van der Waals surface area contributed by atoms with E-state index in [-0.39, 0.29) is 101 Å². The monoisotopic (exact) mass is 664 g/mol. The number of benzene rings is 2. The summed E-state index contributed by atoms with van der Waals surface area (Å²) >= 11 is 0. The second-order valence-electron chi connectivity index (χ2n) is 11.5. The highest BCUT2D eigenvalue weighted by molar-refractivity contribution is 6.23. The van der Waals surface area contributed by atoms with E-state index in [4.69, 9.17) is 18.9 Å². The number of fused-ring (bicyclic) bond motifs is 2. The predicted octanol–water partition coefficient (Wildman–Crippen LogP) is 1.09. The van der Waals surface area contributed by atoms with Gasteiger partial charge in [-0.15, -0.1) is 0 Å². The zero-order valence-electron chi connectivity index (χ0n) is 27.1. The van der Waals surface area contributed by atoms with Crippen molar-refractivity contribution in [3.63, 3.8) is 0 Å². The Hall–Kier alpha value is -4.50. The van der Waals surface area contributed by atoms with Crippen LogP contribution in [0, 0.1) is 0 Å². The Balaban J connectivity index is 1.14. The Bertz CT molecular complexity index is 1340. The van der Waals surface area contributed by atoms with Crippen molar-refractivity contribution < 1.29 is 47.7 Å². The number of amides is 6. The second-order valence-corrected chi connectivity index (χ2v) is 11.5. The van der Waals surface area contributed by atoms with Crippen molar-refractivity contribution in [2.75, 3.05) is 79.0 Å². The molecular weight excluding hydrogens is 624 g/mol. The molecule has 3 aliphatic rings. The van der Waals surface area contributed by atoms with Crippen molar-refractivity contribution in [3.8, 4) is 0 Å².